The third-order valence-electron chi connectivity index (χ3n) is 1.76. The van der Waals surface area contributed by atoms with Crippen LogP contribution in [0.15, 0.2) is 22.7 Å². The molecule has 0 aliphatic carbocycles. The maximum atomic E-state index is 12.3. The van der Waals surface area contributed by atoms with E-state index in [-0.39, 0.29) is 5.56 Å². The first-order valence-electron chi connectivity index (χ1n) is 4.20. The van der Waals surface area contributed by atoms with Gasteiger partial charge in [0, 0.05) is 10.0 Å². The largest absolute Gasteiger partial charge is 0.573 e. The Bertz CT molecular complexity index is 369. The summed E-state index contributed by atoms with van der Waals surface area (Å²) >= 11 is 3.06. The summed E-state index contributed by atoms with van der Waals surface area (Å²) in [4.78, 5) is 0. The van der Waals surface area contributed by atoms with Gasteiger partial charge in [-0.1, -0.05) is 15.9 Å². The van der Waals surface area contributed by atoms with E-state index < -0.39 is 24.8 Å². The zero-order chi connectivity index (χ0) is 12.3. The molecule has 1 aromatic carbocycles. The summed E-state index contributed by atoms with van der Waals surface area (Å²) in [6.07, 6.45) is -4.82. The molecule has 16 heavy (non-hydrogen) atoms. The SMILES string of the molecule is N[C@H](CF)c1cc(Br)ccc1OC(F)(F)F. The third kappa shape index (κ3) is 3.64. The molecule has 0 aliphatic rings. The second-order valence-electron chi connectivity index (χ2n) is 2.99. The van der Waals surface area contributed by atoms with Crippen LogP contribution >= 0.6 is 15.9 Å². The van der Waals surface area contributed by atoms with E-state index >= 15 is 0 Å². The van der Waals surface area contributed by atoms with Gasteiger partial charge in [-0.15, -0.1) is 13.2 Å². The zero-order valence-corrected chi connectivity index (χ0v) is 9.48. The van der Waals surface area contributed by atoms with E-state index in [4.69, 9.17) is 5.73 Å². The fourth-order valence-electron chi connectivity index (χ4n) is 1.11. The van der Waals surface area contributed by atoms with Crippen LogP contribution in [-0.2, 0) is 0 Å². The number of ether oxygens (including phenoxy) is 1. The summed E-state index contributed by atoms with van der Waals surface area (Å²) in [5.41, 5.74) is 5.31. The number of alkyl halides is 4. The van der Waals surface area contributed by atoms with Crippen LogP contribution < -0.4 is 10.5 Å². The molecule has 0 spiro atoms. The van der Waals surface area contributed by atoms with E-state index in [1.807, 2.05) is 0 Å². The van der Waals surface area contributed by atoms with Gasteiger partial charge in [-0.3, -0.25) is 0 Å². The normalized spacial score (nSPS) is 13.6. The second-order valence-corrected chi connectivity index (χ2v) is 3.91. The van der Waals surface area contributed by atoms with Crippen LogP contribution in [0.4, 0.5) is 17.6 Å². The van der Waals surface area contributed by atoms with Crippen LogP contribution in [0.5, 0.6) is 5.75 Å². The lowest BCUT2D eigenvalue weighted by Gasteiger charge is -2.16. The zero-order valence-electron chi connectivity index (χ0n) is 7.89. The Morgan fingerprint density at radius 1 is 1.38 bits per heavy atom. The first kappa shape index (κ1) is 13.2. The Balaban J connectivity index is 3.07. The lowest BCUT2D eigenvalue weighted by Crippen LogP contribution is -2.21. The minimum atomic E-state index is -4.82. The van der Waals surface area contributed by atoms with Gasteiger partial charge in [-0.25, -0.2) is 4.39 Å². The minimum Gasteiger partial charge on any atom is -0.405 e. The van der Waals surface area contributed by atoms with Gasteiger partial charge in [0.15, 0.2) is 0 Å². The van der Waals surface area contributed by atoms with Crippen molar-refractivity contribution in [3.8, 4) is 5.75 Å². The van der Waals surface area contributed by atoms with Crippen LogP contribution in [-0.4, -0.2) is 13.0 Å². The van der Waals surface area contributed by atoms with Crippen molar-refractivity contribution in [2.24, 2.45) is 5.73 Å². The first-order chi connectivity index (χ1) is 7.33. The van der Waals surface area contributed by atoms with Gasteiger partial charge in [0.2, 0.25) is 0 Å². The fourth-order valence-corrected chi connectivity index (χ4v) is 1.49. The van der Waals surface area contributed by atoms with Gasteiger partial charge >= 0.3 is 6.36 Å². The van der Waals surface area contributed by atoms with Crippen LogP contribution in [0, 0.1) is 0 Å². The molecule has 0 unspecified atom stereocenters. The van der Waals surface area contributed by atoms with Crippen molar-refractivity contribution in [3.63, 3.8) is 0 Å². The molecule has 0 fully saturated rings. The maximum Gasteiger partial charge on any atom is 0.573 e. The molecular weight excluding hydrogens is 294 g/mol. The molecule has 0 bridgehead atoms. The van der Waals surface area contributed by atoms with Crippen molar-refractivity contribution in [1.82, 2.24) is 0 Å². The highest BCUT2D eigenvalue weighted by Crippen LogP contribution is 2.31. The summed E-state index contributed by atoms with van der Waals surface area (Å²) < 4.78 is 52.6. The van der Waals surface area contributed by atoms with Crippen molar-refractivity contribution in [2.45, 2.75) is 12.4 Å². The first-order valence-corrected chi connectivity index (χ1v) is 4.99. The van der Waals surface area contributed by atoms with Crippen molar-refractivity contribution in [3.05, 3.63) is 28.2 Å². The molecule has 0 heterocycles. The van der Waals surface area contributed by atoms with E-state index in [0.29, 0.717) is 4.47 Å². The predicted molar refractivity (Wildman–Crippen MR) is 53.7 cm³/mol. The second kappa shape index (κ2) is 5.01. The molecule has 0 saturated carbocycles. The van der Waals surface area contributed by atoms with E-state index in [1.165, 1.54) is 12.1 Å². The van der Waals surface area contributed by atoms with Crippen LogP contribution in [0.25, 0.3) is 0 Å². The van der Waals surface area contributed by atoms with Crippen molar-refractivity contribution in [1.29, 1.82) is 0 Å². The summed E-state index contributed by atoms with van der Waals surface area (Å²) in [5.74, 6) is -0.485. The highest BCUT2D eigenvalue weighted by atomic mass is 79.9. The van der Waals surface area contributed by atoms with Gasteiger partial charge in [-0.05, 0) is 18.2 Å². The predicted octanol–water partition coefficient (Wildman–Crippen LogP) is 3.32. The summed E-state index contributed by atoms with van der Waals surface area (Å²) in [6, 6.07) is 2.60. The Hall–Kier alpha value is -0.820. The number of halogens is 5. The lowest BCUT2D eigenvalue weighted by molar-refractivity contribution is -0.275. The Morgan fingerprint density at radius 3 is 2.50 bits per heavy atom. The summed E-state index contributed by atoms with van der Waals surface area (Å²) in [5, 5.41) is 0. The minimum absolute atomic E-state index is 0.0331. The molecule has 90 valence electrons. The Morgan fingerprint density at radius 2 is 2.00 bits per heavy atom. The molecule has 0 aliphatic heterocycles. The quantitative estimate of drug-likeness (QED) is 0.869. The maximum absolute atomic E-state index is 12.3. The average Bonchev–Trinajstić information content (AvgIpc) is 2.17. The summed E-state index contributed by atoms with van der Waals surface area (Å²) in [6.45, 7) is -0.968. The van der Waals surface area contributed by atoms with E-state index in [0.717, 1.165) is 6.07 Å². The third-order valence-corrected chi connectivity index (χ3v) is 2.26. The van der Waals surface area contributed by atoms with Gasteiger partial charge in [0.05, 0.1) is 6.04 Å². The molecule has 0 amide bonds. The molecule has 1 rings (SSSR count). The van der Waals surface area contributed by atoms with Gasteiger partial charge in [0.25, 0.3) is 0 Å². The molecular formula is C9H8BrF4NO. The molecule has 2 nitrogen and oxygen atoms in total. The van der Waals surface area contributed by atoms with E-state index in [2.05, 4.69) is 20.7 Å². The number of hydrogen-bond donors (Lipinski definition) is 1. The lowest BCUT2D eigenvalue weighted by atomic mass is 10.1. The molecule has 0 radical (unpaired) electrons. The standard InChI is InChI=1S/C9H8BrF4NO/c10-5-1-2-8(16-9(12,13)14)6(3-5)7(15)4-11/h1-3,7H,4,15H2/t7-/m1/s1. The van der Waals surface area contributed by atoms with Crippen LogP contribution in [0.1, 0.15) is 11.6 Å². The number of rotatable bonds is 3. The number of nitrogens with two attached hydrogens (primary N) is 1. The highest BCUT2D eigenvalue weighted by molar-refractivity contribution is 9.10. The monoisotopic (exact) mass is 301 g/mol. The molecule has 1 aromatic rings. The van der Waals surface area contributed by atoms with Crippen LogP contribution in [0.2, 0.25) is 0 Å². The van der Waals surface area contributed by atoms with Gasteiger partial charge in [0.1, 0.15) is 12.4 Å². The average molecular weight is 302 g/mol. The Labute approximate surface area is 97.5 Å². The molecule has 0 aromatic heterocycles. The number of benzene rings is 1. The highest BCUT2D eigenvalue weighted by Gasteiger charge is 2.32. The van der Waals surface area contributed by atoms with Crippen LogP contribution in [0.3, 0.4) is 0 Å². The van der Waals surface area contributed by atoms with Crippen molar-refractivity contribution >= 4 is 15.9 Å². The number of hydrogen-bond acceptors (Lipinski definition) is 2. The van der Waals surface area contributed by atoms with Crippen molar-refractivity contribution in [2.75, 3.05) is 6.67 Å². The van der Waals surface area contributed by atoms with Crippen molar-refractivity contribution < 1.29 is 22.3 Å². The smallest absolute Gasteiger partial charge is 0.405 e. The van der Waals surface area contributed by atoms with Gasteiger partial charge in [-0.2, -0.15) is 0 Å². The Kier molecular flexibility index (Phi) is 4.15. The van der Waals surface area contributed by atoms with E-state index in [9.17, 15) is 17.6 Å². The molecule has 2 N–H and O–H groups in total. The van der Waals surface area contributed by atoms with Gasteiger partial charge < -0.3 is 10.5 Å². The topological polar surface area (TPSA) is 35.2 Å². The molecule has 1 atom stereocenters. The summed E-state index contributed by atoms with van der Waals surface area (Å²) in [7, 11) is 0. The molecule has 0 saturated heterocycles. The molecule has 7 heteroatoms. The van der Waals surface area contributed by atoms with E-state index in [1.54, 1.807) is 0 Å². The fraction of sp³-hybridized carbons (Fsp3) is 0.333.